The third-order valence-electron chi connectivity index (χ3n) is 10.7. The average molecular weight is 655 g/mol. The van der Waals surface area contributed by atoms with Crippen molar-refractivity contribution in [2.75, 3.05) is 4.90 Å². The van der Waals surface area contributed by atoms with Crippen LogP contribution in [-0.2, 0) is 5.41 Å². The first-order valence-electron chi connectivity index (χ1n) is 17.5. The van der Waals surface area contributed by atoms with Crippen LogP contribution in [0.2, 0.25) is 0 Å². The molecule has 0 aliphatic heterocycles. The van der Waals surface area contributed by atoms with E-state index in [-0.39, 0.29) is 5.41 Å². The summed E-state index contributed by atoms with van der Waals surface area (Å²) in [7, 11) is 0. The number of fused-ring (bicyclic) bond motifs is 8. The van der Waals surface area contributed by atoms with Crippen LogP contribution in [0.5, 0.6) is 0 Å². The van der Waals surface area contributed by atoms with E-state index in [1.165, 1.54) is 54.8 Å². The molecule has 0 spiro atoms. The van der Waals surface area contributed by atoms with Crippen LogP contribution in [0.25, 0.3) is 60.5 Å². The molecule has 0 saturated carbocycles. The Morgan fingerprint density at radius 2 is 1.20 bits per heavy atom. The fraction of sp³-hybridized carbons (Fsp3) is 0.0638. The van der Waals surface area contributed by atoms with E-state index in [1.54, 1.807) is 0 Å². The van der Waals surface area contributed by atoms with Gasteiger partial charge in [-0.3, -0.25) is 4.90 Å². The Labute approximate surface area is 296 Å². The lowest BCUT2D eigenvalue weighted by atomic mass is 9.82. The van der Waals surface area contributed by atoms with Gasteiger partial charge in [-0.1, -0.05) is 117 Å². The highest BCUT2D eigenvalue weighted by atomic mass is 15.3. The molecular formula is C47H34N4. The molecule has 0 radical (unpaired) electrons. The number of hydrogen-bond acceptors (Lipinski definition) is 3. The molecule has 0 fully saturated rings. The van der Waals surface area contributed by atoms with E-state index in [0.29, 0.717) is 5.95 Å². The first-order valence-corrected chi connectivity index (χ1v) is 17.5. The summed E-state index contributed by atoms with van der Waals surface area (Å²) in [6.07, 6.45) is 3.92. The molecule has 0 atom stereocenters. The third-order valence-corrected chi connectivity index (χ3v) is 10.7. The van der Waals surface area contributed by atoms with Gasteiger partial charge in [0.2, 0.25) is 5.95 Å². The van der Waals surface area contributed by atoms with Gasteiger partial charge in [0.25, 0.3) is 0 Å². The quantitative estimate of drug-likeness (QED) is 0.185. The van der Waals surface area contributed by atoms with Crippen molar-refractivity contribution in [2.24, 2.45) is 0 Å². The smallest absolute Gasteiger partial charge is 0.234 e. The molecule has 2 aromatic heterocycles. The van der Waals surface area contributed by atoms with Crippen LogP contribution in [0, 0.1) is 0 Å². The van der Waals surface area contributed by atoms with Gasteiger partial charge in [-0.15, -0.1) is 0 Å². The second-order valence-corrected chi connectivity index (χ2v) is 13.9. The lowest BCUT2D eigenvalue weighted by molar-refractivity contribution is 0.660. The van der Waals surface area contributed by atoms with Crippen molar-refractivity contribution >= 4 is 49.9 Å². The second-order valence-electron chi connectivity index (χ2n) is 13.9. The van der Waals surface area contributed by atoms with Crippen molar-refractivity contribution in [3.05, 3.63) is 181 Å². The van der Waals surface area contributed by atoms with Gasteiger partial charge in [0, 0.05) is 51.2 Å². The fourth-order valence-electron chi connectivity index (χ4n) is 8.20. The summed E-state index contributed by atoms with van der Waals surface area (Å²) in [5, 5.41) is 4.94. The predicted octanol–water partition coefficient (Wildman–Crippen LogP) is 12.2. The van der Waals surface area contributed by atoms with Crippen LogP contribution in [0.15, 0.2) is 170 Å². The van der Waals surface area contributed by atoms with Crippen LogP contribution < -0.4 is 4.90 Å². The molecule has 4 heteroatoms. The minimum absolute atomic E-state index is 0.109. The molecule has 2 heterocycles. The van der Waals surface area contributed by atoms with Crippen molar-refractivity contribution < 1.29 is 0 Å². The van der Waals surface area contributed by atoms with Crippen molar-refractivity contribution in [3.63, 3.8) is 0 Å². The maximum atomic E-state index is 5.03. The van der Waals surface area contributed by atoms with E-state index in [9.17, 15) is 0 Å². The Balaban J connectivity index is 1.10. The number of hydrogen-bond donors (Lipinski definition) is 0. The lowest BCUT2D eigenvalue weighted by Gasteiger charge is -2.26. The summed E-state index contributed by atoms with van der Waals surface area (Å²) in [6.45, 7) is 4.63. The Morgan fingerprint density at radius 1 is 0.510 bits per heavy atom. The van der Waals surface area contributed by atoms with Gasteiger partial charge in [0.1, 0.15) is 0 Å². The average Bonchev–Trinajstić information content (AvgIpc) is 3.64. The lowest BCUT2D eigenvalue weighted by Crippen LogP contribution is -2.17. The van der Waals surface area contributed by atoms with E-state index in [2.05, 4.69) is 175 Å². The standard InChI is InChI=1S/C47H34N4/c1-47(2)41-20-12-11-19-38(41)39-24-23-36(28-42(39)47)50(34-14-5-3-6-15-34)46-48-29-33(30-49-46)32-22-25-43-40(27-32)45-37-18-10-9-13-31(37)21-26-44(45)51(43)35-16-7-4-8-17-35/h3-30H,1-2H3. The van der Waals surface area contributed by atoms with Crippen molar-refractivity contribution in [1.29, 1.82) is 0 Å². The highest BCUT2D eigenvalue weighted by Gasteiger charge is 2.35. The number of anilines is 3. The predicted molar refractivity (Wildman–Crippen MR) is 212 cm³/mol. The molecule has 0 bridgehead atoms. The van der Waals surface area contributed by atoms with Gasteiger partial charge in [0.05, 0.1) is 11.0 Å². The first-order chi connectivity index (χ1) is 25.1. The van der Waals surface area contributed by atoms with E-state index < -0.39 is 0 Å². The molecule has 0 unspecified atom stereocenters. The Bertz CT molecular complexity index is 2760. The molecule has 10 rings (SSSR count). The van der Waals surface area contributed by atoms with Crippen LogP contribution in [0.4, 0.5) is 17.3 Å². The van der Waals surface area contributed by atoms with Gasteiger partial charge in [-0.25, -0.2) is 9.97 Å². The van der Waals surface area contributed by atoms with Gasteiger partial charge >= 0.3 is 0 Å². The maximum Gasteiger partial charge on any atom is 0.234 e. The molecule has 0 N–H and O–H groups in total. The fourth-order valence-corrected chi connectivity index (χ4v) is 8.20. The Morgan fingerprint density at radius 3 is 2.02 bits per heavy atom. The number of nitrogens with zero attached hydrogens (tertiary/aromatic N) is 4. The second kappa shape index (κ2) is 11.3. The van der Waals surface area contributed by atoms with E-state index >= 15 is 0 Å². The molecular weight excluding hydrogens is 621 g/mol. The Hall–Kier alpha value is -6.52. The summed E-state index contributed by atoms with van der Waals surface area (Å²) < 4.78 is 2.37. The number of rotatable bonds is 5. The molecule has 1 aliphatic rings. The van der Waals surface area contributed by atoms with Crippen molar-refractivity contribution in [1.82, 2.24) is 14.5 Å². The van der Waals surface area contributed by atoms with Gasteiger partial charge < -0.3 is 4.57 Å². The normalized spacial score (nSPS) is 13.1. The van der Waals surface area contributed by atoms with Gasteiger partial charge in [0.15, 0.2) is 0 Å². The van der Waals surface area contributed by atoms with Crippen LogP contribution >= 0.6 is 0 Å². The summed E-state index contributed by atoms with van der Waals surface area (Å²) in [4.78, 5) is 12.2. The van der Waals surface area contributed by atoms with Crippen molar-refractivity contribution in [3.8, 4) is 27.9 Å². The van der Waals surface area contributed by atoms with Crippen LogP contribution in [-0.4, -0.2) is 14.5 Å². The monoisotopic (exact) mass is 654 g/mol. The molecule has 0 amide bonds. The summed E-state index contributed by atoms with van der Waals surface area (Å²) in [6, 6.07) is 56.4. The topological polar surface area (TPSA) is 34.0 Å². The van der Waals surface area contributed by atoms with E-state index in [0.717, 1.165) is 28.2 Å². The summed E-state index contributed by atoms with van der Waals surface area (Å²) in [5.74, 6) is 0.631. The largest absolute Gasteiger partial charge is 0.309 e. The van der Waals surface area contributed by atoms with Crippen LogP contribution in [0.3, 0.4) is 0 Å². The van der Waals surface area contributed by atoms with Crippen molar-refractivity contribution in [2.45, 2.75) is 19.3 Å². The molecule has 0 saturated heterocycles. The maximum absolute atomic E-state index is 5.03. The Kier molecular flexibility index (Phi) is 6.49. The highest BCUT2D eigenvalue weighted by Crippen LogP contribution is 2.50. The SMILES string of the molecule is CC1(C)c2ccccc2-c2ccc(N(c3ccccc3)c3ncc(-c4ccc5c(c4)c4c6ccccc6ccc4n5-c4ccccc4)cn3)cc21. The number of para-hydroxylation sites is 2. The molecule has 51 heavy (non-hydrogen) atoms. The molecule has 9 aromatic rings. The van der Waals surface area contributed by atoms with Gasteiger partial charge in [-0.05, 0) is 93.2 Å². The number of benzene rings is 7. The minimum Gasteiger partial charge on any atom is -0.309 e. The number of aromatic nitrogens is 3. The molecule has 1 aliphatic carbocycles. The van der Waals surface area contributed by atoms with Crippen LogP contribution in [0.1, 0.15) is 25.0 Å². The highest BCUT2D eigenvalue weighted by molar-refractivity contribution is 6.21. The zero-order valence-corrected chi connectivity index (χ0v) is 28.5. The van der Waals surface area contributed by atoms with Gasteiger partial charge in [-0.2, -0.15) is 0 Å². The van der Waals surface area contributed by atoms with E-state index in [1.807, 2.05) is 18.5 Å². The summed E-state index contributed by atoms with van der Waals surface area (Å²) >= 11 is 0. The minimum atomic E-state index is -0.109. The molecule has 242 valence electrons. The molecule has 4 nitrogen and oxygen atoms in total. The summed E-state index contributed by atoms with van der Waals surface area (Å²) in [5.41, 5.74) is 12.8. The zero-order valence-electron chi connectivity index (χ0n) is 28.5. The third kappa shape index (κ3) is 4.53. The molecule has 7 aromatic carbocycles. The zero-order chi connectivity index (χ0) is 34.1. The van der Waals surface area contributed by atoms with E-state index in [4.69, 9.17) is 9.97 Å². The first kappa shape index (κ1) is 29.4.